The number of nitrogens with zero attached hydrogens (tertiary/aromatic N) is 2. The highest BCUT2D eigenvalue weighted by molar-refractivity contribution is 6.03. The van der Waals surface area contributed by atoms with E-state index in [9.17, 15) is 20.0 Å². The van der Waals surface area contributed by atoms with E-state index in [0.29, 0.717) is 17.9 Å². The van der Waals surface area contributed by atoms with Gasteiger partial charge in [0.15, 0.2) is 17.6 Å². The summed E-state index contributed by atoms with van der Waals surface area (Å²) >= 11 is 0. The van der Waals surface area contributed by atoms with Crippen LogP contribution in [0.4, 0.5) is 0 Å². The first-order valence-corrected chi connectivity index (χ1v) is 8.71. The Morgan fingerprint density at radius 2 is 2.07 bits per heavy atom. The molecule has 1 N–H and O–H groups in total. The van der Waals surface area contributed by atoms with Crippen LogP contribution >= 0.6 is 0 Å². The van der Waals surface area contributed by atoms with Crippen molar-refractivity contribution >= 4 is 5.78 Å². The maximum atomic E-state index is 13.1. The standard InChI is InChI=1S/C20H20N2O5/c1-4-11(2)22-19(24)13(9-21)12(3)17(20(22)25)18(23)16-10-26-14-7-5-6-8-15(14)27-16/h5-8,11,16,25H,4,10H2,1-3H3. The van der Waals surface area contributed by atoms with Gasteiger partial charge in [-0.1, -0.05) is 19.1 Å². The molecule has 1 aromatic carbocycles. The van der Waals surface area contributed by atoms with Crippen LogP contribution in [-0.2, 0) is 0 Å². The molecule has 0 bridgehead atoms. The van der Waals surface area contributed by atoms with Crippen LogP contribution in [0.1, 0.15) is 47.8 Å². The Bertz CT molecular complexity index is 1000. The summed E-state index contributed by atoms with van der Waals surface area (Å²) in [6.07, 6.45) is -0.440. The van der Waals surface area contributed by atoms with Crippen molar-refractivity contribution in [2.45, 2.75) is 39.3 Å². The molecule has 0 radical (unpaired) electrons. The lowest BCUT2D eigenvalue weighted by atomic mass is 9.98. The SMILES string of the molecule is CCC(C)n1c(O)c(C(=O)C2COc3ccccc3O2)c(C)c(C#N)c1=O. The smallest absolute Gasteiger partial charge is 0.271 e. The average Bonchev–Trinajstić information content (AvgIpc) is 2.67. The molecule has 1 aliphatic rings. The van der Waals surface area contributed by atoms with E-state index in [2.05, 4.69) is 0 Å². The molecule has 0 aliphatic carbocycles. The van der Waals surface area contributed by atoms with Gasteiger partial charge >= 0.3 is 0 Å². The van der Waals surface area contributed by atoms with Crippen molar-refractivity contribution in [3.05, 3.63) is 51.3 Å². The van der Waals surface area contributed by atoms with E-state index in [-0.39, 0.29) is 29.3 Å². The van der Waals surface area contributed by atoms with Crippen molar-refractivity contribution in [1.82, 2.24) is 4.57 Å². The van der Waals surface area contributed by atoms with Crippen LogP contribution in [0.5, 0.6) is 17.4 Å². The minimum absolute atomic E-state index is 0.0287. The van der Waals surface area contributed by atoms with E-state index < -0.39 is 23.3 Å². The summed E-state index contributed by atoms with van der Waals surface area (Å²) in [5.41, 5.74) is -0.704. The molecule has 0 saturated heterocycles. The van der Waals surface area contributed by atoms with Crippen molar-refractivity contribution in [1.29, 1.82) is 5.26 Å². The molecular formula is C20H20N2O5. The van der Waals surface area contributed by atoms with Crippen LogP contribution in [0.15, 0.2) is 29.1 Å². The highest BCUT2D eigenvalue weighted by Gasteiger charge is 2.34. The minimum atomic E-state index is -0.987. The quantitative estimate of drug-likeness (QED) is 0.833. The van der Waals surface area contributed by atoms with Crippen LogP contribution in [0.2, 0.25) is 0 Å². The Balaban J connectivity index is 2.10. The summed E-state index contributed by atoms with van der Waals surface area (Å²) < 4.78 is 12.4. The summed E-state index contributed by atoms with van der Waals surface area (Å²) in [5.74, 6) is -0.0221. The van der Waals surface area contributed by atoms with E-state index in [0.717, 1.165) is 4.57 Å². The number of ether oxygens (including phenoxy) is 2. The summed E-state index contributed by atoms with van der Waals surface area (Å²) in [4.78, 5) is 25.7. The number of rotatable bonds is 4. The number of fused-ring (bicyclic) bond motifs is 1. The molecule has 2 atom stereocenters. The van der Waals surface area contributed by atoms with Gasteiger partial charge in [-0.05, 0) is 38.0 Å². The molecule has 3 rings (SSSR count). The van der Waals surface area contributed by atoms with Crippen LogP contribution in [0.25, 0.3) is 0 Å². The van der Waals surface area contributed by atoms with Crippen LogP contribution < -0.4 is 15.0 Å². The molecule has 1 aromatic heterocycles. The predicted octanol–water partition coefficient (Wildman–Crippen LogP) is 2.73. The number of Topliss-reactive ketones (excluding diaryl/α,β-unsaturated/α-hetero) is 1. The Morgan fingerprint density at radius 1 is 1.41 bits per heavy atom. The highest BCUT2D eigenvalue weighted by Crippen LogP contribution is 2.33. The monoisotopic (exact) mass is 368 g/mol. The third-order valence-corrected chi connectivity index (χ3v) is 4.83. The number of hydrogen-bond donors (Lipinski definition) is 1. The number of ketones is 1. The molecule has 7 nitrogen and oxygen atoms in total. The van der Waals surface area contributed by atoms with E-state index in [1.54, 1.807) is 31.2 Å². The number of pyridine rings is 1. The fourth-order valence-corrected chi connectivity index (χ4v) is 3.12. The Morgan fingerprint density at radius 3 is 2.70 bits per heavy atom. The van der Waals surface area contributed by atoms with Gasteiger partial charge in [-0.3, -0.25) is 14.2 Å². The maximum Gasteiger partial charge on any atom is 0.271 e. The maximum absolute atomic E-state index is 13.1. The number of aromatic nitrogens is 1. The third kappa shape index (κ3) is 3.04. The van der Waals surface area contributed by atoms with Gasteiger partial charge in [-0.15, -0.1) is 0 Å². The number of aromatic hydroxyl groups is 1. The van der Waals surface area contributed by atoms with Gasteiger partial charge in [0, 0.05) is 6.04 Å². The predicted molar refractivity (Wildman–Crippen MR) is 97.5 cm³/mol. The van der Waals surface area contributed by atoms with Crippen molar-refractivity contribution in [3.63, 3.8) is 0 Å². The largest absolute Gasteiger partial charge is 0.494 e. The fraction of sp³-hybridized carbons (Fsp3) is 0.350. The number of benzene rings is 1. The molecule has 27 heavy (non-hydrogen) atoms. The summed E-state index contributed by atoms with van der Waals surface area (Å²) in [7, 11) is 0. The molecule has 2 aromatic rings. The zero-order valence-electron chi connectivity index (χ0n) is 15.4. The van der Waals surface area contributed by atoms with E-state index in [1.807, 2.05) is 13.0 Å². The van der Waals surface area contributed by atoms with Gasteiger partial charge in [-0.25, -0.2) is 0 Å². The molecule has 0 saturated carbocycles. The first kappa shape index (κ1) is 18.5. The molecular weight excluding hydrogens is 348 g/mol. The van der Waals surface area contributed by atoms with E-state index >= 15 is 0 Å². The minimum Gasteiger partial charge on any atom is -0.494 e. The number of carbonyl (C=O) groups is 1. The molecule has 2 unspecified atom stereocenters. The van der Waals surface area contributed by atoms with Gasteiger partial charge < -0.3 is 14.6 Å². The first-order chi connectivity index (χ1) is 12.9. The van der Waals surface area contributed by atoms with Gasteiger partial charge in [0.2, 0.25) is 11.7 Å². The topological polar surface area (TPSA) is 102 Å². The second-order valence-electron chi connectivity index (χ2n) is 6.47. The summed E-state index contributed by atoms with van der Waals surface area (Å²) in [5, 5.41) is 20.1. The lowest BCUT2D eigenvalue weighted by Gasteiger charge is -2.27. The van der Waals surface area contributed by atoms with Crippen LogP contribution in [0.3, 0.4) is 0 Å². The van der Waals surface area contributed by atoms with Gasteiger partial charge in [0.25, 0.3) is 5.56 Å². The van der Waals surface area contributed by atoms with Gasteiger partial charge in [0.05, 0.1) is 5.56 Å². The Labute approximate surface area is 156 Å². The summed E-state index contributed by atoms with van der Waals surface area (Å²) in [6.45, 7) is 5.03. The van der Waals surface area contributed by atoms with Gasteiger partial charge in [-0.2, -0.15) is 5.26 Å². The Hall–Kier alpha value is -3.27. The second-order valence-corrected chi connectivity index (χ2v) is 6.47. The first-order valence-electron chi connectivity index (χ1n) is 8.71. The third-order valence-electron chi connectivity index (χ3n) is 4.83. The molecule has 7 heteroatoms. The normalized spacial score (nSPS) is 16.4. The number of hydrogen-bond acceptors (Lipinski definition) is 6. The molecule has 0 spiro atoms. The molecule has 0 amide bonds. The number of para-hydroxylation sites is 2. The van der Waals surface area contributed by atoms with Crippen molar-refractivity contribution in [2.75, 3.05) is 6.61 Å². The van der Waals surface area contributed by atoms with Crippen molar-refractivity contribution < 1.29 is 19.4 Å². The zero-order chi connectivity index (χ0) is 19.7. The highest BCUT2D eigenvalue weighted by atomic mass is 16.6. The van der Waals surface area contributed by atoms with Crippen molar-refractivity contribution in [2.24, 2.45) is 0 Å². The van der Waals surface area contributed by atoms with E-state index in [1.165, 1.54) is 6.92 Å². The molecule has 0 fully saturated rings. The summed E-state index contributed by atoms with van der Waals surface area (Å²) in [6, 6.07) is 8.45. The van der Waals surface area contributed by atoms with Crippen LogP contribution in [0, 0.1) is 18.3 Å². The van der Waals surface area contributed by atoms with Crippen molar-refractivity contribution in [3.8, 4) is 23.4 Å². The number of nitriles is 1. The fourth-order valence-electron chi connectivity index (χ4n) is 3.12. The average molecular weight is 368 g/mol. The molecule has 140 valence electrons. The molecule has 1 aliphatic heterocycles. The Kier molecular flexibility index (Phi) is 4.91. The number of carbonyl (C=O) groups excluding carboxylic acids is 1. The second kappa shape index (κ2) is 7.16. The lowest BCUT2D eigenvalue weighted by Crippen LogP contribution is -2.38. The van der Waals surface area contributed by atoms with Crippen LogP contribution in [-0.4, -0.2) is 28.2 Å². The zero-order valence-corrected chi connectivity index (χ0v) is 15.4. The molecule has 2 heterocycles. The van der Waals surface area contributed by atoms with E-state index in [4.69, 9.17) is 9.47 Å². The van der Waals surface area contributed by atoms with Gasteiger partial charge in [0.1, 0.15) is 18.2 Å². The lowest BCUT2D eigenvalue weighted by molar-refractivity contribution is 0.0581.